The van der Waals surface area contributed by atoms with Crippen molar-refractivity contribution in [2.45, 2.75) is 86.6 Å². The Balaban J connectivity index is 0.000000474. The molecule has 1 aromatic carbocycles. The number of methoxy groups -OCH3 is 1. The van der Waals surface area contributed by atoms with E-state index in [1.54, 1.807) is 0 Å². The van der Waals surface area contributed by atoms with Crippen molar-refractivity contribution in [3.63, 3.8) is 0 Å². The number of benzene rings is 1. The fourth-order valence-electron chi connectivity index (χ4n) is 3.30. The Morgan fingerprint density at radius 1 is 1.07 bits per heavy atom. The molecule has 2 fully saturated rings. The van der Waals surface area contributed by atoms with Crippen LogP contribution in [0.3, 0.4) is 0 Å². The molecule has 3 nitrogen and oxygen atoms in total. The van der Waals surface area contributed by atoms with Crippen LogP contribution in [0.4, 0.5) is 0 Å². The molecule has 2 aliphatic rings. The number of nitrogens with zero attached hydrogens (tertiary/aromatic N) is 1. The lowest BCUT2D eigenvalue weighted by Gasteiger charge is -2.32. The number of carbonyl (C=O) groups is 1. The van der Waals surface area contributed by atoms with Crippen LogP contribution in [-0.2, 0) is 9.53 Å². The van der Waals surface area contributed by atoms with Crippen LogP contribution in [0.2, 0.25) is 0 Å². The van der Waals surface area contributed by atoms with Crippen LogP contribution >= 0.6 is 0 Å². The average Bonchev–Trinajstić information content (AvgIpc) is 3.50. The van der Waals surface area contributed by atoms with Crippen LogP contribution in [-0.4, -0.2) is 36.6 Å². The van der Waals surface area contributed by atoms with Gasteiger partial charge in [-0.05, 0) is 57.9 Å². The van der Waals surface area contributed by atoms with Gasteiger partial charge in [0.2, 0.25) is 0 Å². The minimum absolute atomic E-state index is 0.0817. The van der Waals surface area contributed by atoms with Crippen molar-refractivity contribution in [3.8, 4) is 0 Å². The number of carbonyl (C=O) groups excluding carboxylic acids is 1. The standard InChI is InChI=1S/C12H23NO2.C9H10.2C2H6/c1-9-7-13(11(2,3)4)8-12(9,5)10(14)15-6;1-2-4-8(5-3-1)9-6-7-9;2*1-2/h9H,7-8H2,1-6H3;1-5,9H,6-7H2;2*1-2H3/t9-,12-;;;/m1.../s1. The van der Waals surface area contributed by atoms with Gasteiger partial charge in [0.1, 0.15) is 0 Å². The molecule has 0 aromatic heterocycles. The second kappa shape index (κ2) is 12.3. The highest BCUT2D eigenvalue weighted by molar-refractivity contribution is 5.77. The number of hydrogen-bond donors (Lipinski definition) is 0. The molecule has 28 heavy (non-hydrogen) atoms. The summed E-state index contributed by atoms with van der Waals surface area (Å²) in [5.74, 6) is 1.18. The molecule has 0 unspecified atom stereocenters. The van der Waals surface area contributed by atoms with Gasteiger partial charge in [-0.3, -0.25) is 9.69 Å². The summed E-state index contributed by atoms with van der Waals surface area (Å²) in [6, 6.07) is 10.8. The van der Waals surface area contributed by atoms with Gasteiger partial charge < -0.3 is 4.74 Å². The zero-order valence-corrected chi connectivity index (χ0v) is 20.1. The Hall–Kier alpha value is -1.35. The number of esters is 1. The Kier molecular flexibility index (Phi) is 11.7. The summed E-state index contributed by atoms with van der Waals surface area (Å²) in [4.78, 5) is 14.1. The van der Waals surface area contributed by atoms with Gasteiger partial charge in [-0.25, -0.2) is 0 Å². The number of likely N-dealkylation sites (tertiary alicyclic amines) is 1. The monoisotopic (exact) mass is 391 g/mol. The fourth-order valence-corrected chi connectivity index (χ4v) is 3.30. The van der Waals surface area contributed by atoms with E-state index in [0.717, 1.165) is 19.0 Å². The lowest BCUT2D eigenvalue weighted by Crippen LogP contribution is -2.42. The first-order valence-electron chi connectivity index (χ1n) is 11.1. The van der Waals surface area contributed by atoms with Crippen molar-refractivity contribution in [2.24, 2.45) is 11.3 Å². The summed E-state index contributed by atoms with van der Waals surface area (Å²) >= 11 is 0. The van der Waals surface area contributed by atoms with Crippen molar-refractivity contribution < 1.29 is 9.53 Å². The molecule has 1 aliphatic carbocycles. The molecule has 2 atom stereocenters. The molecule has 1 aromatic rings. The van der Waals surface area contributed by atoms with E-state index >= 15 is 0 Å². The zero-order chi connectivity index (χ0) is 22.0. The molecule has 0 N–H and O–H groups in total. The third-order valence-electron chi connectivity index (χ3n) is 5.55. The van der Waals surface area contributed by atoms with E-state index in [1.165, 1.54) is 25.5 Å². The molecule has 0 radical (unpaired) electrons. The summed E-state index contributed by atoms with van der Waals surface area (Å²) in [6.07, 6.45) is 2.81. The van der Waals surface area contributed by atoms with Crippen LogP contribution in [0.25, 0.3) is 0 Å². The molecule has 3 heteroatoms. The van der Waals surface area contributed by atoms with Gasteiger partial charge in [0.25, 0.3) is 0 Å². The first-order valence-corrected chi connectivity index (χ1v) is 11.1. The SMILES string of the molecule is CC.CC.COC(=O)[C@]1(C)CN(C(C)(C)C)C[C@H]1C.c1ccc(C2CC2)cc1. The molecule has 0 amide bonds. The maximum atomic E-state index is 11.8. The number of ether oxygens (including phenoxy) is 1. The van der Waals surface area contributed by atoms with Crippen molar-refractivity contribution in [1.82, 2.24) is 4.90 Å². The Labute approximate surface area is 174 Å². The van der Waals surface area contributed by atoms with Crippen LogP contribution in [0.1, 0.15) is 86.6 Å². The summed E-state index contributed by atoms with van der Waals surface area (Å²) < 4.78 is 4.90. The van der Waals surface area contributed by atoms with Crippen molar-refractivity contribution in [1.29, 1.82) is 0 Å². The molecule has 1 saturated heterocycles. The maximum absolute atomic E-state index is 11.8. The number of rotatable bonds is 2. The van der Waals surface area contributed by atoms with Crippen molar-refractivity contribution in [2.75, 3.05) is 20.2 Å². The van der Waals surface area contributed by atoms with Gasteiger partial charge >= 0.3 is 5.97 Å². The molecular weight excluding hydrogens is 346 g/mol. The van der Waals surface area contributed by atoms with E-state index in [0.29, 0.717) is 5.92 Å². The zero-order valence-electron chi connectivity index (χ0n) is 20.1. The van der Waals surface area contributed by atoms with E-state index < -0.39 is 0 Å². The highest BCUT2D eigenvalue weighted by Gasteiger charge is 2.49. The fraction of sp³-hybridized carbons (Fsp3) is 0.720. The minimum atomic E-state index is -0.345. The molecule has 1 heterocycles. The third kappa shape index (κ3) is 7.58. The van der Waals surface area contributed by atoms with Crippen LogP contribution in [0.5, 0.6) is 0 Å². The lowest BCUT2D eigenvalue weighted by atomic mass is 9.81. The molecule has 1 saturated carbocycles. The Morgan fingerprint density at radius 2 is 1.57 bits per heavy atom. The molecule has 3 rings (SSSR count). The predicted molar refractivity (Wildman–Crippen MR) is 122 cm³/mol. The van der Waals surface area contributed by atoms with E-state index in [-0.39, 0.29) is 16.9 Å². The molecule has 1 aliphatic heterocycles. The Bertz CT molecular complexity index is 545. The summed E-state index contributed by atoms with van der Waals surface area (Å²) in [5.41, 5.74) is 1.31. The van der Waals surface area contributed by atoms with E-state index in [9.17, 15) is 4.79 Å². The van der Waals surface area contributed by atoms with Gasteiger partial charge in [-0.15, -0.1) is 0 Å². The summed E-state index contributed by atoms with van der Waals surface area (Å²) in [6.45, 7) is 20.4. The lowest BCUT2D eigenvalue weighted by molar-refractivity contribution is -0.153. The molecule has 0 bridgehead atoms. The molecular formula is C25H45NO2. The van der Waals surface area contributed by atoms with Gasteiger partial charge in [-0.1, -0.05) is 65.0 Å². The van der Waals surface area contributed by atoms with Gasteiger partial charge in [-0.2, -0.15) is 0 Å². The average molecular weight is 392 g/mol. The smallest absolute Gasteiger partial charge is 0.313 e. The van der Waals surface area contributed by atoms with Crippen LogP contribution in [0.15, 0.2) is 30.3 Å². The topological polar surface area (TPSA) is 29.5 Å². The Morgan fingerprint density at radius 3 is 1.93 bits per heavy atom. The van der Waals surface area contributed by atoms with Crippen LogP contribution in [0, 0.1) is 11.3 Å². The predicted octanol–water partition coefficient (Wildman–Crippen LogP) is 6.53. The van der Waals surface area contributed by atoms with Gasteiger partial charge in [0, 0.05) is 18.6 Å². The highest BCUT2D eigenvalue weighted by Crippen LogP contribution is 2.40. The van der Waals surface area contributed by atoms with Gasteiger partial charge in [0.05, 0.1) is 12.5 Å². The quantitative estimate of drug-likeness (QED) is 0.537. The normalized spacial score (nSPS) is 23.9. The largest absolute Gasteiger partial charge is 0.469 e. The third-order valence-corrected chi connectivity index (χ3v) is 5.55. The second-order valence-electron chi connectivity index (χ2n) is 8.55. The first kappa shape index (κ1) is 26.6. The first-order chi connectivity index (χ1) is 13.2. The van der Waals surface area contributed by atoms with E-state index in [4.69, 9.17) is 4.74 Å². The second-order valence-corrected chi connectivity index (χ2v) is 8.55. The summed E-state index contributed by atoms with van der Waals surface area (Å²) in [5, 5.41) is 0. The van der Waals surface area contributed by atoms with Crippen LogP contribution < -0.4 is 0 Å². The van der Waals surface area contributed by atoms with Crippen molar-refractivity contribution in [3.05, 3.63) is 35.9 Å². The molecule has 162 valence electrons. The van der Waals surface area contributed by atoms with E-state index in [2.05, 4.69) is 62.9 Å². The highest BCUT2D eigenvalue weighted by atomic mass is 16.5. The van der Waals surface area contributed by atoms with Gasteiger partial charge in [0.15, 0.2) is 0 Å². The molecule has 0 spiro atoms. The van der Waals surface area contributed by atoms with E-state index in [1.807, 2.05) is 34.6 Å². The minimum Gasteiger partial charge on any atom is -0.469 e. The van der Waals surface area contributed by atoms with Crippen molar-refractivity contribution >= 4 is 5.97 Å². The summed E-state index contributed by atoms with van der Waals surface area (Å²) in [7, 11) is 1.47. The maximum Gasteiger partial charge on any atom is 0.313 e. The number of hydrogen-bond acceptors (Lipinski definition) is 3.